The van der Waals surface area contributed by atoms with Gasteiger partial charge in [0.15, 0.2) is 0 Å². The first kappa shape index (κ1) is 18.4. The van der Waals surface area contributed by atoms with Gasteiger partial charge in [0.1, 0.15) is 22.6 Å². The molecule has 0 aliphatic carbocycles. The largest absolute Gasteiger partial charge is 0.310 e. The van der Waals surface area contributed by atoms with E-state index >= 15 is 0 Å². The van der Waals surface area contributed by atoms with E-state index in [4.69, 9.17) is 0 Å². The lowest BCUT2D eigenvalue weighted by molar-refractivity contribution is -0.123. The van der Waals surface area contributed by atoms with Crippen molar-refractivity contribution in [3.05, 3.63) is 23.6 Å². The summed E-state index contributed by atoms with van der Waals surface area (Å²) in [6.45, 7) is 10.6. The van der Waals surface area contributed by atoms with E-state index in [1.165, 1.54) is 12.3 Å². The molecule has 1 aromatic rings. The maximum absolute atomic E-state index is 13.4. The third-order valence-corrected chi connectivity index (χ3v) is 3.95. The van der Waals surface area contributed by atoms with Gasteiger partial charge in [0, 0.05) is 17.2 Å². The van der Waals surface area contributed by atoms with Crippen molar-refractivity contribution in [3.63, 3.8) is 0 Å². The molecule has 0 saturated heterocycles. The van der Waals surface area contributed by atoms with Crippen molar-refractivity contribution in [2.24, 2.45) is 9.81 Å². The molecule has 0 aromatic carbocycles. The molecule has 0 spiro atoms. The number of anilines is 1. The van der Waals surface area contributed by atoms with Crippen molar-refractivity contribution in [2.75, 3.05) is 5.32 Å². The maximum atomic E-state index is 13.4. The quantitative estimate of drug-likeness (QED) is 0.867. The minimum atomic E-state index is -1.48. The molecular weight excluding hydrogens is 305 g/mol. The molecule has 0 bridgehead atoms. The van der Waals surface area contributed by atoms with Crippen molar-refractivity contribution in [1.29, 1.82) is 0 Å². The average molecular weight is 327 g/mol. The van der Waals surface area contributed by atoms with Crippen LogP contribution in [-0.2, 0) is 15.8 Å². The van der Waals surface area contributed by atoms with Crippen LogP contribution in [0.15, 0.2) is 16.7 Å². The van der Waals surface area contributed by atoms with E-state index in [2.05, 4.69) is 14.7 Å². The number of hydrogen-bond donors (Lipinski definition) is 1. The zero-order valence-corrected chi connectivity index (χ0v) is 14.5. The molecule has 7 heteroatoms. The van der Waals surface area contributed by atoms with Crippen LogP contribution in [0.3, 0.4) is 0 Å². The van der Waals surface area contributed by atoms with Crippen LogP contribution < -0.4 is 5.32 Å². The number of halogens is 1. The van der Waals surface area contributed by atoms with E-state index in [1.807, 2.05) is 0 Å². The Bertz CT molecular complexity index is 616. The Morgan fingerprint density at radius 2 is 1.91 bits per heavy atom. The molecule has 1 aromatic heterocycles. The number of hydrogen-bond acceptors (Lipinski definition) is 3. The Balaban J connectivity index is 3.09. The number of carbonyl (C=O) groups is 1. The van der Waals surface area contributed by atoms with Gasteiger partial charge in [-0.1, -0.05) is 20.8 Å². The number of pyridine rings is 1. The first-order valence-electron chi connectivity index (χ1n) is 6.84. The van der Waals surface area contributed by atoms with Crippen LogP contribution in [0.25, 0.3) is 0 Å². The maximum Gasteiger partial charge on any atom is 0.230 e. The fourth-order valence-electron chi connectivity index (χ4n) is 1.22. The number of carbonyl (C=O) groups excluding carboxylic acids is 1. The summed E-state index contributed by atoms with van der Waals surface area (Å²) in [6.07, 6.45) is 2.28. The Morgan fingerprint density at radius 1 is 1.32 bits per heavy atom. The van der Waals surface area contributed by atoms with E-state index in [1.54, 1.807) is 41.5 Å². The molecule has 0 aliphatic heterocycles. The Morgan fingerprint density at radius 3 is 2.41 bits per heavy atom. The van der Waals surface area contributed by atoms with Gasteiger partial charge in [0.2, 0.25) is 5.91 Å². The number of nitrogens with zero attached hydrogens (tertiary/aromatic N) is 2. The lowest BCUT2D eigenvalue weighted by atomic mass is 9.95. The van der Waals surface area contributed by atoms with Gasteiger partial charge in [0.05, 0.1) is 10.9 Å². The fourth-order valence-corrected chi connectivity index (χ4v) is 1.74. The van der Waals surface area contributed by atoms with Crippen LogP contribution in [0.4, 0.5) is 10.2 Å². The van der Waals surface area contributed by atoms with E-state index in [-0.39, 0.29) is 17.3 Å². The van der Waals surface area contributed by atoms with Crippen molar-refractivity contribution in [1.82, 2.24) is 4.98 Å². The van der Waals surface area contributed by atoms with Crippen LogP contribution in [0, 0.1) is 11.2 Å². The van der Waals surface area contributed by atoms with Gasteiger partial charge in [-0.2, -0.15) is 4.40 Å². The third kappa shape index (κ3) is 5.29. The average Bonchev–Trinajstić information content (AvgIpc) is 2.36. The van der Waals surface area contributed by atoms with Crippen molar-refractivity contribution < 1.29 is 13.4 Å². The minimum absolute atomic E-state index is 0.191. The number of aromatic nitrogens is 1. The smallest absolute Gasteiger partial charge is 0.230 e. The molecule has 1 unspecified atom stereocenters. The van der Waals surface area contributed by atoms with E-state index < -0.39 is 27.0 Å². The predicted molar refractivity (Wildman–Crippen MR) is 87.8 cm³/mol. The van der Waals surface area contributed by atoms with Gasteiger partial charge in [-0.25, -0.2) is 13.6 Å². The van der Waals surface area contributed by atoms with E-state index in [0.717, 1.165) is 6.20 Å². The molecule has 0 radical (unpaired) electrons. The fraction of sp³-hybridized carbons (Fsp3) is 0.533. The van der Waals surface area contributed by atoms with Gasteiger partial charge in [-0.15, -0.1) is 0 Å². The van der Waals surface area contributed by atoms with Crippen molar-refractivity contribution in [2.45, 2.75) is 46.3 Å². The molecule has 122 valence electrons. The highest BCUT2D eigenvalue weighted by atomic mass is 32.2. The summed E-state index contributed by atoms with van der Waals surface area (Å²) in [5.41, 5.74) is -0.339. The predicted octanol–water partition coefficient (Wildman–Crippen LogP) is 3.09. The van der Waals surface area contributed by atoms with Crippen molar-refractivity contribution >= 4 is 28.9 Å². The summed E-state index contributed by atoms with van der Waals surface area (Å²) in [7, 11) is -1.48. The van der Waals surface area contributed by atoms with Gasteiger partial charge >= 0.3 is 0 Å². The summed E-state index contributed by atoms with van der Waals surface area (Å²) >= 11 is 0. The molecule has 5 nitrogen and oxygen atoms in total. The summed E-state index contributed by atoms with van der Waals surface area (Å²) in [5.74, 6) is -0.620. The molecule has 1 N–H and O–H groups in total. The molecule has 1 amide bonds. The minimum Gasteiger partial charge on any atom is -0.310 e. The highest BCUT2D eigenvalue weighted by molar-refractivity contribution is 7.85. The highest BCUT2D eigenvalue weighted by Gasteiger charge is 2.23. The number of rotatable bonds is 3. The number of nitrogens with one attached hydrogen (secondary N) is 1. The first-order chi connectivity index (χ1) is 9.91. The summed E-state index contributed by atoms with van der Waals surface area (Å²) in [4.78, 5) is 15.9. The van der Waals surface area contributed by atoms with Crippen molar-refractivity contribution in [3.8, 4) is 0 Å². The molecular formula is C15H22FN3O2S. The summed E-state index contributed by atoms with van der Waals surface area (Å²) in [5, 5.41) is 2.63. The van der Waals surface area contributed by atoms with Crippen LogP contribution >= 0.6 is 0 Å². The second kappa shape index (κ2) is 6.64. The monoisotopic (exact) mass is 327 g/mol. The molecule has 0 fully saturated rings. The van der Waals surface area contributed by atoms with Crippen LogP contribution in [-0.4, -0.2) is 26.1 Å². The van der Waals surface area contributed by atoms with E-state index in [0.29, 0.717) is 0 Å². The van der Waals surface area contributed by atoms with Gasteiger partial charge in [-0.05, 0) is 26.8 Å². The standard InChI is InChI=1S/C15H22FN3O2S/c1-14(2,3)13(20)19-12-10(7-11(16)9-17-12)8-18-22(21)15(4,5)6/h7-9H,1-6H3,(H,17,19,20). The zero-order chi connectivity index (χ0) is 17.1. The number of amides is 1. The first-order valence-corrected chi connectivity index (χ1v) is 7.95. The normalized spacial score (nSPS) is 14.1. The Kier molecular flexibility index (Phi) is 5.56. The second-order valence-corrected chi connectivity index (χ2v) is 8.83. The molecule has 1 heterocycles. The van der Waals surface area contributed by atoms with Crippen LogP contribution in [0.2, 0.25) is 0 Å². The lowest BCUT2D eigenvalue weighted by Crippen LogP contribution is -2.28. The third-order valence-electron chi connectivity index (χ3n) is 2.61. The molecule has 0 saturated carbocycles. The molecule has 1 atom stereocenters. The molecule has 0 aliphatic rings. The zero-order valence-electron chi connectivity index (χ0n) is 13.7. The SMILES string of the molecule is CC(C)(C)C(=O)Nc1ncc(F)cc1C=NS(=O)C(C)(C)C. The second-order valence-electron chi connectivity index (χ2n) is 6.89. The Hall–Kier alpha value is -1.63. The molecule has 1 rings (SSSR count). The van der Waals surface area contributed by atoms with E-state index in [9.17, 15) is 13.4 Å². The van der Waals surface area contributed by atoms with Crippen LogP contribution in [0.1, 0.15) is 47.1 Å². The topological polar surface area (TPSA) is 71.4 Å². The molecule has 22 heavy (non-hydrogen) atoms. The van der Waals surface area contributed by atoms with Gasteiger partial charge < -0.3 is 5.32 Å². The summed E-state index contributed by atoms with van der Waals surface area (Å²) < 4.78 is 28.7. The van der Waals surface area contributed by atoms with Gasteiger partial charge in [0.25, 0.3) is 0 Å². The summed E-state index contributed by atoms with van der Waals surface area (Å²) in [6, 6.07) is 1.19. The lowest BCUT2D eigenvalue weighted by Gasteiger charge is -2.18. The Labute approximate surface area is 133 Å². The van der Waals surface area contributed by atoms with Crippen LogP contribution in [0.5, 0.6) is 0 Å². The van der Waals surface area contributed by atoms with Gasteiger partial charge in [-0.3, -0.25) is 4.79 Å². The highest BCUT2D eigenvalue weighted by Crippen LogP contribution is 2.19.